The molecule has 11 heavy (non-hydrogen) atoms. The Hall–Kier alpha value is -1.07. The highest BCUT2D eigenvalue weighted by Gasteiger charge is 2.34. The third kappa shape index (κ3) is 4.35. The van der Waals surface area contributed by atoms with Crippen LogP contribution in [-0.4, -0.2) is 23.5 Å². The van der Waals surface area contributed by atoms with Crippen LogP contribution in [0.25, 0.3) is 0 Å². The third-order valence-electron chi connectivity index (χ3n) is 0.970. The number of carboxylic acids is 1. The number of carboxylic acid groups (broad SMARTS) is 1. The summed E-state index contributed by atoms with van der Waals surface area (Å²) in [6.07, 6.45) is -5.73. The van der Waals surface area contributed by atoms with E-state index in [-0.39, 0.29) is 6.21 Å². The largest absolute Gasteiger partial charge is 0.481 e. The van der Waals surface area contributed by atoms with Gasteiger partial charge in [-0.1, -0.05) is 0 Å². The fourth-order valence-corrected chi connectivity index (χ4v) is 0.467. The molecule has 2 N–H and O–H groups in total. The number of hydrogen-bond donors (Lipinski definition) is 2. The van der Waals surface area contributed by atoms with E-state index in [1.165, 1.54) is 0 Å². The van der Waals surface area contributed by atoms with Crippen LogP contribution in [0.1, 0.15) is 6.42 Å². The molecule has 0 spiro atoms. The molecule has 3 nitrogen and oxygen atoms in total. The minimum Gasteiger partial charge on any atom is -0.481 e. The summed E-state index contributed by atoms with van der Waals surface area (Å²) < 4.78 is 34.5. The molecule has 0 saturated carbocycles. The summed E-state index contributed by atoms with van der Waals surface area (Å²) in [6.45, 7) is 0. The Morgan fingerprint density at radius 3 is 2.18 bits per heavy atom. The molecule has 0 unspecified atom stereocenters. The van der Waals surface area contributed by atoms with E-state index in [1.54, 1.807) is 0 Å². The third-order valence-corrected chi connectivity index (χ3v) is 0.970. The molecule has 1 atom stereocenters. The average Bonchev–Trinajstić information content (AvgIpc) is 1.80. The molecule has 0 fully saturated rings. The molecule has 0 heterocycles. The normalized spacial score (nSPS) is 14.1. The molecule has 0 saturated heterocycles. The van der Waals surface area contributed by atoms with Gasteiger partial charge < -0.3 is 10.5 Å². The number of carbonyl (C=O) groups is 1. The molecule has 0 aliphatic carbocycles. The molecule has 0 aliphatic heterocycles. The van der Waals surface area contributed by atoms with Crippen molar-refractivity contribution in [2.75, 3.05) is 0 Å². The zero-order valence-corrected chi connectivity index (χ0v) is 5.35. The van der Waals surface area contributed by atoms with Crippen molar-refractivity contribution in [1.82, 2.24) is 0 Å². The van der Waals surface area contributed by atoms with Crippen LogP contribution in [-0.2, 0) is 4.79 Å². The molecule has 0 aromatic rings. The molecule has 0 radical (unpaired) electrons. The molecule has 64 valence electrons. The number of hydrogen-bond acceptors (Lipinski definition) is 2. The summed E-state index contributed by atoms with van der Waals surface area (Å²) in [5.41, 5.74) is 0. The average molecular weight is 169 g/mol. The van der Waals surface area contributed by atoms with Crippen molar-refractivity contribution in [1.29, 1.82) is 5.41 Å². The zero-order chi connectivity index (χ0) is 9.07. The van der Waals surface area contributed by atoms with E-state index >= 15 is 0 Å². The predicted molar refractivity (Wildman–Crippen MR) is 30.6 cm³/mol. The monoisotopic (exact) mass is 169 g/mol. The highest BCUT2D eigenvalue weighted by molar-refractivity contribution is 5.87. The van der Waals surface area contributed by atoms with Crippen LogP contribution in [0.2, 0.25) is 0 Å². The number of rotatable bonds is 3. The molecule has 6 heteroatoms. The first kappa shape index (κ1) is 9.93. The van der Waals surface area contributed by atoms with Gasteiger partial charge in [-0.3, -0.25) is 4.79 Å². The Labute approximate surface area is 60.3 Å². The van der Waals surface area contributed by atoms with E-state index in [2.05, 4.69) is 0 Å². The van der Waals surface area contributed by atoms with E-state index in [0.717, 1.165) is 0 Å². The van der Waals surface area contributed by atoms with Crippen LogP contribution in [0.4, 0.5) is 13.2 Å². The topological polar surface area (TPSA) is 61.2 Å². The smallest absolute Gasteiger partial charge is 0.390 e. The Morgan fingerprint density at radius 2 is 2.09 bits per heavy atom. The Bertz CT molecular complexity index is 166. The highest BCUT2D eigenvalue weighted by Crippen LogP contribution is 2.23. The van der Waals surface area contributed by atoms with Crippen LogP contribution in [0, 0.1) is 11.3 Å². The van der Waals surface area contributed by atoms with E-state index in [0.29, 0.717) is 0 Å². The van der Waals surface area contributed by atoms with Gasteiger partial charge in [0, 0.05) is 6.21 Å². The Balaban J connectivity index is 4.10. The lowest BCUT2D eigenvalue weighted by Crippen LogP contribution is -2.22. The first-order valence-corrected chi connectivity index (χ1v) is 2.67. The summed E-state index contributed by atoms with van der Waals surface area (Å²) in [4.78, 5) is 9.96. The van der Waals surface area contributed by atoms with Crippen molar-refractivity contribution in [3.63, 3.8) is 0 Å². The molecule has 0 bridgehead atoms. The van der Waals surface area contributed by atoms with E-state index < -0.39 is 24.5 Å². The van der Waals surface area contributed by atoms with Crippen molar-refractivity contribution >= 4 is 12.2 Å². The van der Waals surface area contributed by atoms with Gasteiger partial charge in [0.05, 0.1) is 12.3 Å². The molecule has 0 aromatic carbocycles. The molecule has 0 rings (SSSR count). The van der Waals surface area contributed by atoms with Gasteiger partial charge in [0.25, 0.3) is 0 Å². The highest BCUT2D eigenvalue weighted by atomic mass is 19.4. The number of aliphatic carboxylic acids is 1. The summed E-state index contributed by atoms with van der Waals surface area (Å²) in [6, 6.07) is 0. The maximum Gasteiger partial charge on any atom is 0.390 e. The van der Waals surface area contributed by atoms with Gasteiger partial charge in [0.15, 0.2) is 0 Å². The minimum atomic E-state index is -4.53. The van der Waals surface area contributed by atoms with E-state index in [4.69, 9.17) is 10.5 Å². The zero-order valence-electron chi connectivity index (χ0n) is 5.35. The maximum atomic E-state index is 11.5. The molecular formula is C5H6F3NO2. The van der Waals surface area contributed by atoms with Gasteiger partial charge >= 0.3 is 12.1 Å². The SMILES string of the molecule is N=C[C@H](CC(F)(F)F)C(=O)O. The summed E-state index contributed by atoms with van der Waals surface area (Å²) in [7, 11) is 0. The fraction of sp³-hybridized carbons (Fsp3) is 0.600. The van der Waals surface area contributed by atoms with Gasteiger partial charge in [-0.25, -0.2) is 0 Å². The molecule has 0 aromatic heterocycles. The van der Waals surface area contributed by atoms with Gasteiger partial charge in [0.1, 0.15) is 0 Å². The molecular weight excluding hydrogens is 163 g/mol. The lowest BCUT2D eigenvalue weighted by Gasteiger charge is -2.08. The lowest BCUT2D eigenvalue weighted by molar-refractivity contribution is -0.158. The quantitative estimate of drug-likeness (QED) is 0.625. The molecule has 0 amide bonds. The Kier molecular flexibility index (Phi) is 3.03. The maximum absolute atomic E-state index is 11.5. The number of alkyl halides is 3. The van der Waals surface area contributed by atoms with Crippen molar-refractivity contribution in [2.24, 2.45) is 5.92 Å². The van der Waals surface area contributed by atoms with Gasteiger partial charge in [-0.05, 0) is 0 Å². The van der Waals surface area contributed by atoms with Crippen molar-refractivity contribution in [2.45, 2.75) is 12.6 Å². The van der Waals surface area contributed by atoms with Crippen LogP contribution >= 0.6 is 0 Å². The van der Waals surface area contributed by atoms with Gasteiger partial charge in [-0.2, -0.15) is 13.2 Å². The van der Waals surface area contributed by atoms with Crippen LogP contribution < -0.4 is 0 Å². The summed E-state index contributed by atoms with van der Waals surface area (Å²) >= 11 is 0. The second-order valence-electron chi connectivity index (χ2n) is 1.93. The van der Waals surface area contributed by atoms with Crippen molar-refractivity contribution in [3.05, 3.63) is 0 Å². The minimum absolute atomic E-state index is 0.274. The van der Waals surface area contributed by atoms with E-state index in [9.17, 15) is 18.0 Å². The van der Waals surface area contributed by atoms with Crippen molar-refractivity contribution in [3.8, 4) is 0 Å². The van der Waals surface area contributed by atoms with Crippen LogP contribution in [0.3, 0.4) is 0 Å². The predicted octanol–water partition coefficient (Wildman–Crippen LogP) is 1.29. The van der Waals surface area contributed by atoms with Gasteiger partial charge in [-0.15, -0.1) is 0 Å². The number of nitrogens with one attached hydrogen (secondary N) is 1. The fourth-order valence-electron chi connectivity index (χ4n) is 0.467. The van der Waals surface area contributed by atoms with Gasteiger partial charge in [0.2, 0.25) is 0 Å². The summed E-state index contributed by atoms with van der Waals surface area (Å²) in [5, 5.41) is 14.4. The first-order valence-electron chi connectivity index (χ1n) is 2.67. The first-order chi connectivity index (χ1) is 4.87. The second-order valence-corrected chi connectivity index (χ2v) is 1.93. The second kappa shape index (κ2) is 3.36. The molecule has 0 aliphatic rings. The van der Waals surface area contributed by atoms with Crippen molar-refractivity contribution < 1.29 is 23.1 Å². The van der Waals surface area contributed by atoms with Crippen LogP contribution in [0.5, 0.6) is 0 Å². The Morgan fingerprint density at radius 1 is 1.64 bits per heavy atom. The van der Waals surface area contributed by atoms with Crippen LogP contribution in [0.15, 0.2) is 0 Å². The van der Waals surface area contributed by atoms with E-state index in [1.807, 2.05) is 0 Å². The summed E-state index contributed by atoms with van der Waals surface area (Å²) in [5.74, 6) is -3.38. The lowest BCUT2D eigenvalue weighted by atomic mass is 10.1. The number of halogens is 3. The standard InChI is InChI=1S/C5H6F3NO2/c6-5(7,8)1-3(2-9)4(10)11/h2-3,9H,1H2,(H,10,11)/t3-/m0/s1.